The van der Waals surface area contributed by atoms with E-state index in [-0.39, 0.29) is 21.6 Å². The van der Waals surface area contributed by atoms with Crippen molar-refractivity contribution in [1.82, 2.24) is 19.6 Å². The third-order valence-electron chi connectivity index (χ3n) is 2.62. The van der Waals surface area contributed by atoms with Crippen LogP contribution >= 0.6 is 23.2 Å². The van der Waals surface area contributed by atoms with Crippen molar-refractivity contribution < 1.29 is 13.2 Å². The van der Waals surface area contributed by atoms with Gasteiger partial charge in [0.2, 0.25) is 0 Å². The summed E-state index contributed by atoms with van der Waals surface area (Å²) in [6.07, 6.45) is 1.15. The quantitative estimate of drug-likeness (QED) is 0.509. The molecule has 4 nitrogen and oxygen atoms in total. The fourth-order valence-electron chi connectivity index (χ4n) is 1.75. The Morgan fingerprint density at radius 3 is 2.45 bits per heavy atom. The van der Waals surface area contributed by atoms with Crippen molar-refractivity contribution in [3.8, 4) is 11.1 Å². The van der Waals surface area contributed by atoms with Gasteiger partial charge in [-0.15, -0.1) is 0 Å². The molecule has 0 spiro atoms. The van der Waals surface area contributed by atoms with Gasteiger partial charge < -0.3 is 0 Å². The first-order valence-corrected chi connectivity index (χ1v) is 5.95. The van der Waals surface area contributed by atoms with Gasteiger partial charge in [0.1, 0.15) is 22.5 Å². The van der Waals surface area contributed by atoms with E-state index in [4.69, 9.17) is 23.2 Å². The molecule has 0 aliphatic carbocycles. The second-order valence-electron chi connectivity index (χ2n) is 3.76. The SMILES string of the molecule is Fc1ccc(F)c(-c2c(Cl)nc3ncnn3c2Cl)c1F. The van der Waals surface area contributed by atoms with Crippen LogP contribution in [0, 0.1) is 17.5 Å². The van der Waals surface area contributed by atoms with E-state index in [1.165, 1.54) is 0 Å². The second kappa shape index (κ2) is 4.60. The fraction of sp³-hybridized carbons (Fsp3) is 0. The van der Waals surface area contributed by atoms with Crippen LogP contribution < -0.4 is 0 Å². The first-order chi connectivity index (χ1) is 9.50. The van der Waals surface area contributed by atoms with E-state index < -0.39 is 23.0 Å². The lowest BCUT2D eigenvalue weighted by Crippen LogP contribution is -2.01. The van der Waals surface area contributed by atoms with E-state index in [0.29, 0.717) is 6.07 Å². The Kier molecular flexibility index (Phi) is 3.02. The van der Waals surface area contributed by atoms with Gasteiger partial charge in [-0.05, 0) is 12.1 Å². The highest BCUT2D eigenvalue weighted by Crippen LogP contribution is 2.37. The Hall–Kier alpha value is -1.86. The normalized spacial score (nSPS) is 11.2. The van der Waals surface area contributed by atoms with E-state index in [9.17, 15) is 13.2 Å². The van der Waals surface area contributed by atoms with Crippen LogP contribution in [0.25, 0.3) is 16.9 Å². The van der Waals surface area contributed by atoms with Gasteiger partial charge in [0.25, 0.3) is 5.78 Å². The van der Waals surface area contributed by atoms with Crippen LogP contribution in [0.5, 0.6) is 0 Å². The van der Waals surface area contributed by atoms with Gasteiger partial charge in [0.15, 0.2) is 11.6 Å². The zero-order valence-electron chi connectivity index (χ0n) is 9.41. The summed E-state index contributed by atoms with van der Waals surface area (Å²) in [7, 11) is 0. The van der Waals surface area contributed by atoms with Gasteiger partial charge in [-0.25, -0.2) is 13.2 Å². The van der Waals surface area contributed by atoms with Gasteiger partial charge in [-0.3, -0.25) is 0 Å². The lowest BCUT2D eigenvalue weighted by molar-refractivity contribution is 0.499. The molecule has 0 saturated carbocycles. The van der Waals surface area contributed by atoms with Gasteiger partial charge in [0, 0.05) is 0 Å². The summed E-state index contributed by atoms with van der Waals surface area (Å²) in [5.41, 5.74) is -0.995. The molecule has 2 heterocycles. The number of hydrogen-bond donors (Lipinski definition) is 0. The average molecular weight is 319 g/mol. The predicted molar refractivity (Wildman–Crippen MR) is 66.1 cm³/mol. The molecule has 1 aromatic carbocycles. The van der Waals surface area contributed by atoms with Crippen molar-refractivity contribution in [3.63, 3.8) is 0 Å². The molecule has 3 aromatic rings. The van der Waals surface area contributed by atoms with Crippen LogP contribution in [0.1, 0.15) is 0 Å². The zero-order chi connectivity index (χ0) is 14.4. The molecule has 102 valence electrons. The van der Waals surface area contributed by atoms with E-state index >= 15 is 0 Å². The standard InChI is InChI=1S/C11H3Cl2F3N4/c12-9-7(6-4(14)1-2-5(15)8(6)16)10(13)20-11(19-9)17-3-18-20/h1-3H. The van der Waals surface area contributed by atoms with Crippen LogP contribution in [0.3, 0.4) is 0 Å². The van der Waals surface area contributed by atoms with Gasteiger partial charge in [-0.1, -0.05) is 23.2 Å². The van der Waals surface area contributed by atoms with Crippen LogP contribution in [-0.4, -0.2) is 19.6 Å². The summed E-state index contributed by atoms with van der Waals surface area (Å²) in [5, 5.41) is 3.21. The van der Waals surface area contributed by atoms with Gasteiger partial charge in [-0.2, -0.15) is 19.6 Å². The molecule has 20 heavy (non-hydrogen) atoms. The Morgan fingerprint density at radius 1 is 1.00 bits per heavy atom. The van der Waals surface area contributed by atoms with Crippen molar-refractivity contribution in [3.05, 3.63) is 46.2 Å². The summed E-state index contributed by atoms with van der Waals surface area (Å²) in [5.74, 6) is -3.60. The minimum absolute atomic E-state index is 0.0565. The summed E-state index contributed by atoms with van der Waals surface area (Å²) in [6.45, 7) is 0. The highest BCUT2D eigenvalue weighted by molar-refractivity contribution is 6.38. The number of aromatic nitrogens is 4. The van der Waals surface area contributed by atoms with E-state index in [1.54, 1.807) is 0 Å². The van der Waals surface area contributed by atoms with Crippen molar-refractivity contribution in [2.45, 2.75) is 0 Å². The molecular weight excluding hydrogens is 316 g/mol. The second-order valence-corrected chi connectivity index (χ2v) is 4.47. The Balaban J connectivity index is 2.43. The van der Waals surface area contributed by atoms with Crippen LogP contribution in [-0.2, 0) is 0 Å². The van der Waals surface area contributed by atoms with Crippen molar-refractivity contribution >= 4 is 29.0 Å². The minimum Gasteiger partial charge on any atom is -0.206 e. The highest BCUT2D eigenvalue weighted by Gasteiger charge is 2.24. The third kappa shape index (κ3) is 1.82. The molecule has 3 rings (SSSR count). The summed E-state index contributed by atoms with van der Waals surface area (Å²) in [4.78, 5) is 7.55. The summed E-state index contributed by atoms with van der Waals surface area (Å²) < 4.78 is 41.9. The molecule has 0 N–H and O–H groups in total. The lowest BCUT2D eigenvalue weighted by Gasteiger charge is -2.10. The molecule has 9 heteroatoms. The molecule has 2 aromatic heterocycles. The van der Waals surface area contributed by atoms with Crippen molar-refractivity contribution in [2.75, 3.05) is 0 Å². The Bertz CT molecular complexity index is 834. The summed E-state index contributed by atoms with van der Waals surface area (Å²) in [6, 6.07) is 1.43. The number of rotatable bonds is 1. The van der Waals surface area contributed by atoms with Crippen LogP contribution in [0.15, 0.2) is 18.5 Å². The molecule has 0 fully saturated rings. The molecule has 0 saturated heterocycles. The molecule has 0 unspecified atom stereocenters. The van der Waals surface area contributed by atoms with Gasteiger partial charge >= 0.3 is 0 Å². The van der Waals surface area contributed by atoms with Crippen LogP contribution in [0.4, 0.5) is 13.2 Å². The lowest BCUT2D eigenvalue weighted by atomic mass is 10.1. The van der Waals surface area contributed by atoms with Crippen LogP contribution in [0.2, 0.25) is 10.3 Å². The number of nitrogens with zero attached hydrogens (tertiary/aromatic N) is 4. The maximum absolute atomic E-state index is 13.8. The monoisotopic (exact) mass is 318 g/mol. The predicted octanol–water partition coefficient (Wildman–Crippen LogP) is 3.52. The number of hydrogen-bond acceptors (Lipinski definition) is 3. The smallest absolute Gasteiger partial charge is 0.206 e. The molecular formula is C11H3Cl2F3N4. The highest BCUT2D eigenvalue weighted by atomic mass is 35.5. The first kappa shape index (κ1) is 13.1. The topological polar surface area (TPSA) is 43.1 Å². The van der Waals surface area contributed by atoms with E-state index in [0.717, 1.165) is 16.9 Å². The van der Waals surface area contributed by atoms with Gasteiger partial charge in [0.05, 0.1) is 11.1 Å². The fourth-order valence-corrected chi connectivity index (χ4v) is 2.36. The van der Waals surface area contributed by atoms with E-state index in [2.05, 4.69) is 15.1 Å². The summed E-state index contributed by atoms with van der Waals surface area (Å²) >= 11 is 11.9. The molecule has 0 amide bonds. The Morgan fingerprint density at radius 2 is 1.70 bits per heavy atom. The number of halogens is 5. The number of benzene rings is 1. The zero-order valence-corrected chi connectivity index (χ0v) is 10.9. The van der Waals surface area contributed by atoms with Crippen molar-refractivity contribution in [1.29, 1.82) is 0 Å². The molecule has 0 aliphatic heterocycles. The maximum atomic E-state index is 13.8. The molecule has 0 bridgehead atoms. The first-order valence-electron chi connectivity index (χ1n) is 5.19. The number of fused-ring (bicyclic) bond motifs is 1. The Labute approximate surface area is 119 Å². The average Bonchev–Trinajstić information content (AvgIpc) is 2.86. The van der Waals surface area contributed by atoms with E-state index in [1.807, 2.05) is 0 Å². The molecule has 0 atom stereocenters. The maximum Gasteiger partial charge on any atom is 0.255 e. The molecule has 0 aliphatic rings. The third-order valence-corrected chi connectivity index (χ3v) is 3.24. The van der Waals surface area contributed by atoms with Crippen molar-refractivity contribution in [2.24, 2.45) is 0 Å². The molecule has 0 radical (unpaired) electrons. The minimum atomic E-state index is -1.41. The largest absolute Gasteiger partial charge is 0.255 e.